The number of aryl methyl sites for hydroxylation is 1. The third kappa shape index (κ3) is 3.47. The topological polar surface area (TPSA) is 84.9 Å². The van der Waals surface area contributed by atoms with Gasteiger partial charge in [-0.3, -0.25) is 9.59 Å². The van der Waals surface area contributed by atoms with E-state index < -0.39 is 12.2 Å². The molecular formula is C22H24N2O5. The highest BCUT2D eigenvalue weighted by molar-refractivity contribution is 5.98. The fourth-order valence-corrected chi connectivity index (χ4v) is 3.88. The maximum absolute atomic E-state index is 13.2. The number of aliphatic hydroxyl groups excluding tert-OH is 1. The minimum atomic E-state index is -0.752. The SMILES string of the molecule is CCO[C@@H]1CN(C(=O)c2cn(CC)c3ccc(-c4ccco4)cc3c2=O)C[C@H]1O. The molecule has 1 aliphatic rings. The Morgan fingerprint density at radius 1 is 1.28 bits per heavy atom. The van der Waals surface area contributed by atoms with Crippen LogP contribution in [0, 0.1) is 0 Å². The van der Waals surface area contributed by atoms with Gasteiger partial charge in [-0.2, -0.15) is 0 Å². The molecule has 1 N–H and O–H groups in total. The molecule has 1 amide bonds. The number of hydrogen-bond acceptors (Lipinski definition) is 5. The van der Waals surface area contributed by atoms with Crippen molar-refractivity contribution in [3.63, 3.8) is 0 Å². The maximum atomic E-state index is 13.2. The summed E-state index contributed by atoms with van der Waals surface area (Å²) in [7, 11) is 0. The van der Waals surface area contributed by atoms with Crippen molar-refractivity contribution in [2.75, 3.05) is 19.7 Å². The molecule has 7 nitrogen and oxygen atoms in total. The quantitative estimate of drug-likeness (QED) is 0.716. The molecule has 4 rings (SSSR count). The van der Waals surface area contributed by atoms with E-state index >= 15 is 0 Å². The molecule has 1 aliphatic heterocycles. The van der Waals surface area contributed by atoms with Crippen molar-refractivity contribution >= 4 is 16.8 Å². The van der Waals surface area contributed by atoms with Crippen LogP contribution < -0.4 is 5.43 Å². The highest BCUT2D eigenvalue weighted by Gasteiger charge is 2.35. The van der Waals surface area contributed by atoms with Crippen molar-refractivity contribution in [1.82, 2.24) is 9.47 Å². The number of carbonyl (C=O) groups is 1. The second kappa shape index (κ2) is 7.85. The van der Waals surface area contributed by atoms with Crippen molar-refractivity contribution in [1.29, 1.82) is 0 Å². The van der Waals surface area contributed by atoms with E-state index in [0.29, 0.717) is 24.3 Å². The van der Waals surface area contributed by atoms with Gasteiger partial charge in [0.2, 0.25) is 5.43 Å². The molecule has 3 heterocycles. The van der Waals surface area contributed by atoms with Crippen LogP contribution in [0.5, 0.6) is 0 Å². The molecule has 29 heavy (non-hydrogen) atoms. The summed E-state index contributed by atoms with van der Waals surface area (Å²) in [5.41, 5.74) is 1.32. The van der Waals surface area contributed by atoms with Gasteiger partial charge in [-0.1, -0.05) is 0 Å². The van der Waals surface area contributed by atoms with Crippen molar-refractivity contribution < 1.29 is 19.1 Å². The molecule has 1 aromatic carbocycles. The van der Waals surface area contributed by atoms with E-state index in [1.54, 1.807) is 24.6 Å². The largest absolute Gasteiger partial charge is 0.464 e. The van der Waals surface area contributed by atoms with Gasteiger partial charge in [-0.25, -0.2) is 0 Å². The van der Waals surface area contributed by atoms with Gasteiger partial charge in [-0.15, -0.1) is 0 Å². The number of pyridine rings is 1. The maximum Gasteiger partial charge on any atom is 0.259 e. The highest BCUT2D eigenvalue weighted by Crippen LogP contribution is 2.24. The third-order valence-corrected chi connectivity index (χ3v) is 5.36. The van der Waals surface area contributed by atoms with Gasteiger partial charge < -0.3 is 23.7 Å². The number of aliphatic hydroxyl groups is 1. The Morgan fingerprint density at radius 3 is 2.79 bits per heavy atom. The first kappa shape index (κ1) is 19.4. The number of fused-ring (bicyclic) bond motifs is 1. The summed E-state index contributed by atoms with van der Waals surface area (Å²) in [5, 5.41) is 10.6. The van der Waals surface area contributed by atoms with Crippen molar-refractivity contribution in [3.05, 3.63) is 58.6 Å². The van der Waals surface area contributed by atoms with Crippen LogP contribution in [0.15, 0.2) is 52.0 Å². The molecule has 7 heteroatoms. The summed E-state index contributed by atoms with van der Waals surface area (Å²) >= 11 is 0. The van der Waals surface area contributed by atoms with Gasteiger partial charge in [0.25, 0.3) is 5.91 Å². The Hall–Kier alpha value is -2.90. The molecule has 152 valence electrons. The Balaban J connectivity index is 1.77. The van der Waals surface area contributed by atoms with Crippen molar-refractivity contribution in [2.24, 2.45) is 0 Å². The molecule has 1 fully saturated rings. The lowest BCUT2D eigenvalue weighted by molar-refractivity contribution is -0.00237. The Labute approximate surface area is 168 Å². The van der Waals surface area contributed by atoms with E-state index in [2.05, 4.69) is 0 Å². The molecule has 0 aliphatic carbocycles. The molecule has 2 aromatic heterocycles. The predicted molar refractivity (Wildman–Crippen MR) is 109 cm³/mol. The Morgan fingerprint density at radius 2 is 2.10 bits per heavy atom. The minimum absolute atomic E-state index is 0.0975. The second-order valence-electron chi connectivity index (χ2n) is 7.14. The summed E-state index contributed by atoms with van der Waals surface area (Å²) in [4.78, 5) is 27.8. The van der Waals surface area contributed by atoms with Crippen LogP contribution in [0.2, 0.25) is 0 Å². The lowest BCUT2D eigenvalue weighted by Crippen LogP contribution is -2.34. The van der Waals surface area contributed by atoms with Crippen LogP contribution in [0.1, 0.15) is 24.2 Å². The Kier molecular flexibility index (Phi) is 5.25. The average Bonchev–Trinajstić information content (AvgIpc) is 3.39. The van der Waals surface area contributed by atoms with Gasteiger partial charge in [0.15, 0.2) is 0 Å². The zero-order chi connectivity index (χ0) is 20.5. The fourth-order valence-electron chi connectivity index (χ4n) is 3.88. The minimum Gasteiger partial charge on any atom is -0.464 e. The van der Waals surface area contributed by atoms with Crippen molar-refractivity contribution in [2.45, 2.75) is 32.6 Å². The van der Waals surface area contributed by atoms with E-state index in [1.807, 2.05) is 36.6 Å². The number of furan rings is 1. The predicted octanol–water partition coefficient (Wildman–Crippen LogP) is 2.50. The summed E-state index contributed by atoms with van der Waals surface area (Å²) in [6, 6.07) is 9.15. The van der Waals surface area contributed by atoms with Gasteiger partial charge >= 0.3 is 0 Å². The number of β-amino-alcohol motifs (C(OH)–C–C–N with tert-alkyl or cyclic N) is 1. The summed E-state index contributed by atoms with van der Waals surface area (Å²) < 4.78 is 12.8. The molecule has 0 bridgehead atoms. The zero-order valence-corrected chi connectivity index (χ0v) is 16.5. The summed E-state index contributed by atoms with van der Waals surface area (Å²) in [6.07, 6.45) is 2.01. The third-order valence-electron chi connectivity index (χ3n) is 5.36. The van der Waals surface area contributed by atoms with Crippen molar-refractivity contribution in [3.8, 4) is 11.3 Å². The highest BCUT2D eigenvalue weighted by atomic mass is 16.5. The van der Waals surface area contributed by atoms with E-state index in [-0.39, 0.29) is 30.0 Å². The fraction of sp³-hybridized carbons (Fsp3) is 0.364. The van der Waals surface area contributed by atoms with Crippen LogP contribution in [0.3, 0.4) is 0 Å². The van der Waals surface area contributed by atoms with E-state index in [9.17, 15) is 14.7 Å². The molecular weight excluding hydrogens is 372 g/mol. The number of carbonyl (C=O) groups excluding carboxylic acids is 1. The molecule has 0 unspecified atom stereocenters. The molecule has 3 aromatic rings. The Bertz CT molecular complexity index is 1090. The first-order valence-corrected chi connectivity index (χ1v) is 9.83. The van der Waals surface area contributed by atoms with Crippen LogP contribution in [0.25, 0.3) is 22.2 Å². The summed E-state index contributed by atoms with van der Waals surface area (Å²) in [5.74, 6) is 0.275. The second-order valence-corrected chi connectivity index (χ2v) is 7.14. The van der Waals surface area contributed by atoms with E-state index in [0.717, 1.165) is 11.1 Å². The molecule has 2 atom stereocenters. The zero-order valence-electron chi connectivity index (χ0n) is 16.5. The number of likely N-dealkylation sites (tertiary alicyclic amines) is 1. The number of nitrogens with zero attached hydrogens (tertiary/aromatic N) is 2. The van der Waals surface area contributed by atoms with Gasteiger partial charge in [0, 0.05) is 43.4 Å². The van der Waals surface area contributed by atoms with E-state index in [1.165, 1.54) is 4.90 Å². The smallest absolute Gasteiger partial charge is 0.259 e. The number of aromatic nitrogens is 1. The number of ether oxygens (including phenoxy) is 1. The summed E-state index contributed by atoms with van der Waals surface area (Å²) in [6.45, 7) is 5.29. The van der Waals surface area contributed by atoms with Crippen LogP contribution in [0.4, 0.5) is 0 Å². The first-order valence-electron chi connectivity index (χ1n) is 9.83. The van der Waals surface area contributed by atoms with Gasteiger partial charge in [0.05, 0.1) is 17.9 Å². The number of rotatable bonds is 5. The monoisotopic (exact) mass is 396 g/mol. The van der Waals surface area contributed by atoms with Crippen LogP contribution >= 0.6 is 0 Å². The number of amides is 1. The average molecular weight is 396 g/mol. The van der Waals surface area contributed by atoms with E-state index in [4.69, 9.17) is 9.15 Å². The molecule has 0 radical (unpaired) electrons. The lowest BCUT2D eigenvalue weighted by Gasteiger charge is -2.18. The molecule has 0 saturated carbocycles. The van der Waals surface area contributed by atoms with Crippen LogP contribution in [-0.2, 0) is 11.3 Å². The van der Waals surface area contributed by atoms with Gasteiger partial charge in [-0.05, 0) is 44.2 Å². The lowest BCUT2D eigenvalue weighted by atomic mass is 10.1. The van der Waals surface area contributed by atoms with Gasteiger partial charge in [0.1, 0.15) is 17.4 Å². The number of hydrogen-bond donors (Lipinski definition) is 1. The normalized spacial score (nSPS) is 19.2. The first-order chi connectivity index (χ1) is 14.0. The van der Waals surface area contributed by atoms with Crippen LogP contribution in [-0.4, -0.2) is 52.4 Å². The number of benzene rings is 1. The molecule has 0 spiro atoms. The molecule has 1 saturated heterocycles. The standard InChI is InChI=1S/C22H24N2O5/c1-3-23-11-16(22(27)24-12-18(25)20(13-24)28-4-2)21(26)15-10-14(7-8-17(15)23)19-6-5-9-29-19/h5-11,18,20,25H,3-4,12-13H2,1-2H3/t18-,20-/m1/s1.